The second-order valence-electron chi connectivity index (χ2n) is 7.22. The zero-order valence-corrected chi connectivity index (χ0v) is 14.7. The average Bonchev–Trinajstić information content (AvgIpc) is 2.62. The second kappa shape index (κ2) is 9.05. The number of carbonyl (C=O) groups is 1. The fourth-order valence-corrected chi connectivity index (χ4v) is 2.87. The summed E-state index contributed by atoms with van der Waals surface area (Å²) >= 11 is 0. The van der Waals surface area contributed by atoms with Crippen LogP contribution in [0.3, 0.4) is 0 Å². The summed E-state index contributed by atoms with van der Waals surface area (Å²) in [6.45, 7) is 9.55. The molecule has 126 valence electrons. The van der Waals surface area contributed by atoms with E-state index in [0.717, 1.165) is 38.8 Å². The lowest BCUT2D eigenvalue weighted by atomic mass is 10.0. The van der Waals surface area contributed by atoms with E-state index in [1.807, 2.05) is 25.7 Å². The largest absolute Gasteiger partial charge is 0.444 e. The van der Waals surface area contributed by atoms with Crippen LogP contribution in [0.15, 0.2) is 0 Å². The third-order valence-electron chi connectivity index (χ3n) is 3.89. The fourth-order valence-electron chi connectivity index (χ4n) is 2.87. The normalized spacial score (nSPS) is 20.9. The van der Waals surface area contributed by atoms with Crippen LogP contribution in [0.5, 0.6) is 0 Å². The molecule has 2 unspecified atom stereocenters. The minimum atomic E-state index is -0.440. The van der Waals surface area contributed by atoms with Gasteiger partial charge in [-0.25, -0.2) is 4.79 Å². The van der Waals surface area contributed by atoms with Crippen molar-refractivity contribution in [3.63, 3.8) is 0 Å². The van der Waals surface area contributed by atoms with Crippen LogP contribution in [0.25, 0.3) is 0 Å². The van der Waals surface area contributed by atoms with Crippen molar-refractivity contribution < 1.29 is 9.53 Å². The smallest absolute Gasteiger partial charge is 0.410 e. The van der Waals surface area contributed by atoms with Crippen molar-refractivity contribution in [3.8, 4) is 12.3 Å². The lowest BCUT2D eigenvalue weighted by Crippen LogP contribution is -2.45. The van der Waals surface area contributed by atoms with Gasteiger partial charge in [-0.2, -0.15) is 0 Å². The van der Waals surface area contributed by atoms with E-state index in [0.29, 0.717) is 6.04 Å². The first kappa shape index (κ1) is 18.8. The summed E-state index contributed by atoms with van der Waals surface area (Å²) in [4.78, 5) is 14.4. The molecule has 1 amide bonds. The van der Waals surface area contributed by atoms with E-state index in [2.05, 4.69) is 18.2 Å². The standard InChI is InChI=1S/C18H32N2O2/c1-6-7-12-19-15(2)14-16-11-9-8-10-13-20(16)17(21)22-18(3,4)5/h1,15-16,19H,7-14H2,2-5H3. The number of likely N-dealkylation sites (tertiary alicyclic amines) is 1. The lowest BCUT2D eigenvalue weighted by molar-refractivity contribution is 0.0150. The van der Waals surface area contributed by atoms with Crippen LogP contribution in [0.4, 0.5) is 4.79 Å². The van der Waals surface area contributed by atoms with Gasteiger partial charge in [-0.15, -0.1) is 12.3 Å². The number of nitrogens with zero attached hydrogens (tertiary/aromatic N) is 1. The fraction of sp³-hybridized carbons (Fsp3) is 0.833. The van der Waals surface area contributed by atoms with E-state index >= 15 is 0 Å². The van der Waals surface area contributed by atoms with Gasteiger partial charge in [0.05, 0.1) is 0 Å². The van der Waals surface area contributed by atoms with Gasteiger partial charge in [0, 0.05) is 31.6 Å². The molecule has 1 heterocycles. The predicted octanol–water partition coefficient (Wildman–Crippen LogP) is 3.56. The van der Waals surface area contributed by atoms with Gasteiger partial charge >= 0.3 is 6.09 Å². The topological polar surface area (TPSA) is 41.6 Å². The Labute approximate surface area is 136 Å². The van der Waals surface area contributed by atoms with Crippen molar-refractivity contribution in [3.05, 3.63) is 0 Å². The molecule has 1 N–H and O–H groups in total. The molecule has 0 aromatic carbocycles. The van der Waals surface area contributed by atoms with Gasteiger partial charge in [-0.1, -0.05) is 12.8 Å². The number of rotatable bonds is 5. The molecule has 0 aliphatic carbocycles. The molecule has 1 aliphatic heterocycles. The van der Waals surface area contributed by atoms with E-state index < -0.39 is 5.60 Å². The molecule has 1 saturated heterocycles. The predicted molar refractivity (Wildman–Crippen MR) is 90.7 cm³/mol. The molecule has 0 aromatic rings. The van der Waals surface area contributed by atoms with Crippen molar-refractivity contribution in [1.29, 1.82) is 0 Å². The van der Waals surface area contributed by atoms with Crippen molar-refractivity contribution in [2.24, 2.45) is 0 Å². The van der Waals surface area contributed by atoms with Crippen LogP contribution >= 0.6 is 0 Å². The van der Waals surface area contributed by atoms with Crippen LogP contribution in [-0.4, -0.2) is 41.8 Å². The average molecular weight is 308 g/mol. The van der Waals surface area contributed by atoms with Crippen LogP contribution in [0.2, 0.25) is 0 Å². The first-order valence-electron chi connectivity index (χ1n) is 8.50. The first-order valence-corrected chi connectivity index (χ1v) is 8.50. The van der Waals surface area contributed by atoms with Crippen LogP contribution in [-0.2, 0) is 4.74 Å². The number of ether oxygens (including phenoxy) is 1. The maximum atomic E-state index is 12.5. The lowest BCUT2D eigenvalue weighted by Gasteiger charge is -2.33. The van der Waals surface area contributed by atoms with Gasteiger partial charge in [0.2, 0.25) is 0 Å². The Morgan fingerprint density at radius 2 is 2.14 bits per heavy atom. The van der Waals surface area contributed by atoms with E-state index in [4.69, 9.17) is 11.2 Å². The van der Waals surface area contributed by atoms with Crippen LogP contribution in [0.1, 0.15) is 66.2 Å². The van der Waals surface area contributed by atoms with E-state index in [1.165, 1.54) is 12.8 Å². The quantitative estimate of drug-likeness (QED) is 0.624. The third kappa shape index (κ3) is 7.17. The number of hydrogen-bond acceptors (Lipinski definition) is 3. The second-order valence-corrected chi connectivity index (χ2v) is 7.22. The maximum Gasteiger partial charge on any atom is 0.410 e. The molecule has 0 saturated carbocycles. The Balaban J connectivity index is 2.62. The molecule has 2 atom stereocenters. The summed E-state index contributed by atoms with van der Waals surface area (Å²) in [5, 5.41) is 3.44. The highest BCUT2D eigenvalue weighted by molar-refractivity contribution is 5.68. The van der Waals surface area contributed by atoms with E-state index in [1.54, 1.807) is 0 Å². The molecule has 0 bridgehead atoms. The van der Waals surface area contributed by atoms with E-state index in [9.17, 15) is 4.79 Å². The molecule has 0 aromatic heterocycles. The van der Waals surface area contributed by atoms with Gasteiger partial charge in [-0.05, 0) is 47.0 Å². The molecule has 1 rings (SSSR count). The molecule has 0 spiro atoms. The Morgan fingerprint density at radius 3 is 2.77 bits per heavy atom. The summed E-state index contributed by atoms with van der Waals surface area (Å²) < 4.78 is 5.58. The molecule has 22 heavy (non-hydrogen) atoms. The zero-order valence-electron chi connectivity index (χ0n) is 14.7. The third-order valence-corrected chi connectivity index (χ3v) is 3.89. The van der Waals surface area contributed by atoms with Crippen molar-refractivity contribution in [2.45, 2.75) is 83.9 Å². The van der Waals surface area contributed by atoms with Gasteiger partial charge < -0.3 is 15.0 Å². The van der Waals surface area contributed by atoms with Gasteiger partial charge in [0.25, 0.3) is 0 Å². The summed E-state index contributed by atoms with van der Waals surface area (Å²) in [6, 6.07) is 0.604. The zero-order chi connectivity index (χ0) is 16.6. The summed E-state index contributed by atoms with van der Waals surface area (Å²) in [5.74, 6) is 2.64. The highest BCUT2D eigenvalue weighted by atomic mass is 16.6. The van der Waals surface area contributed by atoms with Crippen LogP contribution < -0.4 is 5.32 Å². The number of amides is 1. The van der Waals surface area contributed by atoms with Gasteiger partial charge in [0.15, 0.2) is 0 Å². The minimum absolute atomic E-state index is 0.171. The summed E-state index contributed by atoms with van der Waals surface area (Å²) in [5.41, 5.74) is -0.440. The summed E-state index contributed by atoms with van der Waals surface area (Å²) in [7, 11) is 0. The number of terminal acetylenes is 1. The maximum absolute atomic E-state index is 12.5. The number of carbonyl (C=O) groups excluding carboxylic acids is 1. The highest BCUT2D eigenvalue weighted by Gasteiger charge is 2.30. The Bertz CT molecular complexity index is 382. The molecular weight excluding hydrogens is 276 g/mol. The van der Waals surface area contributed by atoms with Crippen molar-refractivity contribution in [2.75, 3.05) is 13.1 Å². The Hall–Kier alpha value is -1.21. The Morgan fingerprint density at radius 1 is 1.41 bits per heavy atom. The summed E-state index contributed by atoms with van der Waals surface area (Å²) in [6.07, 6.45) is 11.3. The van der Waals surface area contributed by atoms with E-state index in [-0.39, 0.29) is 12.1 Å². The van der Waals surface area contributed by atoms with Gasteiger partial charge in [-0.3, -0.25) is 0 Å². The SMILES string of the molecule is C#CCCNC(C)CC1CCCCCN1C(=O)OC(C)(C)C. The Kier molecular flexibility index (Phi) is 7.75. The van der Waals surface area contributed by atoms with Gasteiger partial charge in [0.1, 0.15) is 5.60 Å². The molecule has 0 radical (unpaired) electrons. The number of nitrogens with one attached hydrogen (secondary N) is 1. The molecule has 4 nitrogen and oxygen atoms in total. The molecule has 4 heteroatoms. The molecular formula is C18H32N2O2. The molecule has 1 fully saturated rings. The molecule has 1 aliphatic rings. The van der Waals surface area contributed by atoms with Crippen LogP contribution in [0, 0.1) is 12.3 Å². The number of hydrogen-bond donors (Lipinski definition) is 1. The first-order chi connectivity index (χ1) is 10.3. The van der Waals surface area contributed by atoms with Crippen molar-refractivity contribution >= 4 is 6.09 Å². The monoisotopic (exact) mass is 308 g/mol. The van der Waals surface area contributed by atoms with Crippen molar-refractivity contribution in [1.82, 2.24) is 10.2 Å². The minimum Gasteiger partial charge on any atom is -0.444 e. The highest BCUT2D eigenvalue weighted by Crippen LogP contribution is 2.23.